The Bertz CT molecular complexity index is 714. The Kier molecular flexibility index (Phi) is 9.89. The molecule has 0 aliphatic heterocycles. The van der Waals surface area contributed by atoms with Gasteiger partial charge in [-0.25, -0.2) is 13.8 Å². The van der Waals surface area contributed by atoms with Gasteiger partial charge in [-0.3, -0.25) is 0 Å². The van der Waals surface area contributed by atoms with Crippen molar-refractivity contribution < 1.29 is 18.3 Å². The fourth-order valence-corrected chi connectivity index (χ4v) is 2.17. The van der Waals surface area contributed by atoms with Crippen LogP contribution in [0.1, 0.15) is 11.1 Å². The number of benzene rings is 2. The molecule has 0 spiro atoms. The molecule has 0 amide bonds. The zero-order valence-corrected chi connectivity index (χ0v) is 16.7. The minimum Gasteiger partial charge on any atom is -0.488 e. The first-order valence-electron chi connectivity index (χ1n) is 7.72. The zero-order chi connectivity index (χ0) is 18.1. The lowest BCUT2D eigenvalue weighted by Gasteiger charge is -2.11. The van der Waals surface area contributed by atoms with Crippen molar-refractivity contribution in [2.75, 3.05) is 19.0 Å². The van der Waals surface area contributed by atoms with Crippen LogP contribution in [0.25, 0.3) is 0 Å². The van der Waals surface area contributed by atoms with Crippen molar-refractivity contribution in [1.29, 1.82) is 0 Å². The van der Waals surface area contributed by atoms with Crippen LogP contribution in [-0.4, -0.2) is 26.1 Å². The van der Waals surface area contributed by atoms with Crippen LogP contribution >= 0.6 is 24.0 Å². The molecular weight excluding hydrogens is 455 g/mol. The van der Waals surface area contributed by atoms with Crippen LogP contribution in [0.4, 0.5) is 14.5 Å². The molecule has 0 bridgehead atoms. The van der Waals surface area contributed by atoms with E-state index < -0.39 is 13.0 Å². The number of nitrogens with two attached hydrogens (primary N) is 1. The van der Waals surface area contributed by atoms with Gasteiger partial charge in [0.15, 0.2) is 5.96 Å². The summed E-state index contributed by atoms with van der Waals surface area (Å²) < 4.78 is 34.5. The summed E-state index contributed by atoms with van der Waals surface area (Å²) in [5, 5.41) is 3.04. The summed E-state index contributed by atoms with van der Waals surface area (Å²) in [6.07, 6.45) is -2.51. The highest BCUT2D eigenvalue weighted by Crippen LogP contribution is 2.17. The average Bonchev–Trinajstić information content (AvgIpc) is 2.60. The predicted octanol–water partition coefficient (Wildman–Crippen LogP) is 4.02. The van der Waals surface area contributed by atoms with Gasteiger partial charge in [-0.1, -0.05) is 30.3 Å². The summed E-state index contributed by atoms with van der Waals surface area (Å²) in [7, 11) is 1.62. The van der Waals surface area contributed by atoms with E-state index in [0.717, 1.165) is 16.8 Å². The molecule has 0 aliphatic rings. The van der Waals surface area contributed by atoms with E-state index in [2.05, 4.69) is 10.3 Å². The molecule has 0 atom stereocenters. The van der Waals surface area contributed by atoms with Gasteiger partial charge in [0.05, 0.1) is 13.2 Å². The number of methoxy groups -OCH3 is 1. The molecular formula is C18H22F2IN3O2. The molecule has 0 radical (unpaired) electrons. The van der Waals surface area contributed by atoms with Crippen molar-refractivity contribution in [3.63, 3.8) is 0 Å². The van der Waals surface area contributed by atoms with E-state index in [4.69, 9.17) is 15.2 Å². The Hall–Kier alpha value is -1.94. The molecule has 2 aromatic carbocycles. The molecule has 0 unspecified atom stereocenters. The molecule has 8 heteroatoms. The molecule has 0 fully saturated rings. The second-order valence-electron chi connectivity index (χ2n) is 5.27. The van der Waals surface area contributed by atoms with E-state index in [9.17, 15) is 8.78 Å². The number of para-hydroxylation sites is 1. The van der Waals surface area contributed by atoms with Crippen molar-refractivity contribution >= 4 is 35.6 Å². The molecule has 0 saturated carbocycles. The highest BCUT2D eigenvalue weighted by Gasteiger charge is 2.05. The number of halogens is 3. The van der Waals surface area contributed by atoms with Crippen LogP contribution in [0.15, 0.2) is 53.5 Å². The van der Waals surface area contributed by atoms with Gasteiger partial charge in [0.25, 0.3) is 6.43 Å². The van der Waals surface area contributed by atoms with Gasteiger partial charge in [-0.05, 0) is 23.8 Å². The molecule has 2 rings (SSSR count). The highest BCUT2D eigenvalue weighted by atomic mass is 127. The number of ether oxygens (including phenoxy) is 2. The smallest absolute Gasteiger partial charge is 0.272 e. The summed E-state index contributed by atoms with van der Waals surface area (Å²) in [6, 6.07) is 14.5. The monoisotopic (exact) mass is 477 g/mol. The third-order valence-corrected chi connectivity index (χ3v) is 3.29. The Morgan fingerprint density at radius 2 is 1.96 bits per heavy atom. The van der Waals surface area contributed by atoms with Crippen LogP contribution in [0.5, 0.6) is 5.75 Å². The second-order valence-corrected chi connectivity index (χ2v) is 5.27. The molecule has 5 nitrogen and oxygen atoms in total. The molecule has 142 valence electrons. The maximum absolute atomic E-state index is 12.2. The summed E-state index contributed by atoms with van der Waals surface area (Å²) in [6.45, 7) is 0.129. The maximum Gasteiger partial charge on any atom is 0.272 e. The van der Waals surface area contributed by atoms with E-state index in [1.165, 1.54) is 0 Å². The number of aliphatic imine (C=N–C) groups is 1. The standard InChI is InChI=1S/C18H21F2N3O2.HI/c1-24-11-14-6-2-3-8-16(14)23-18(21)22-10-13-5-4-7-15(9-13)25-12-17(19)20;/h2-9,17H,10-12H2,1H3,(H3,21,22,23);1H. The lowest BCUT2D eigenvalue weighted by atomic mass is 10.2. The molecule has 26 heavy (non-hydrogen) atoms. The highest BCUT2D eigenvalue weighted by molar-refractivity contribution is 14.0. The van der Waals surface area contributed by atoms with Crippen LogP contribution in [-0.2, 0) is 17.9 Å². The lowest BCUT2D eigenvalue weighted by molar-refractivity contribution is 0.0818. The Morgan fingerprint density at radius 1 is 1.19 bits per heavy atom. The molecule has 3 N–H and O–H groups in total. The van der Waals surface area contributed by atoms with Gasteiger partial charge in [0, 0.05) is 18.4 Å². The third-order valence-electron chi connectivity index (χ3n) is 3.29. The largest absolute Gasteiger partial charge is 0.488 e. The van der Waals surface area contributed by atoms with Crippen molar-refractivity contribution in [1.82, 2.24) is 0 Å². The van der Waals surface area contributed by atoms with E-state index in [-0.39, 0.29) is 29.9 Å². The molecule has 2 aromatic rings. The van der Waals surface area contributed by atoms with Gasteiger partial charge in [-0.15, -0.1) is 24.0 Å². The number of hydrogen-bond donors (Lipinski definition) is 2. The van der Waals surface area contributed by atoms with Crippen molar-refractivity contribution in [3.8, 4) is 5.75 Å². The topological polar surface area (TPSA) is 68.9 Å². The number of alkyl halides is 2. The van der Waals surface area contributed by atoms with Gasteiger partial charge >= 0.3 is 0 Å². The summed E-state index contributed by atoms with van der Waals surface area (Å²) in [5.41, 5.74) is 8.51. The second kappa shape index (κ2) is 11.6. The SMILES string of the molecule is COCc1ccccc1NC(N)=NCc1cccc(OCC(F)F)c1.I. The normalized spacial score (nSPS) is 11.2. The number of nitrogens with zero attached hydrogens (tertiary/aromatic N) is 1. The van der Waals surface area contributed by atoms with Gasteiger partial charge in [0.1, 0.15) is 12.4 Å². The molecule has 0 aliphatic carbocycles. The number of rotatable bonds is 8. The molecule has 0 aromatic heterocycles. The fourth-order valence-electron chi connectivity index (χ4n) is 2.17. The summed E-state index contributed by atoms with van der Waals surface area (Å²) in [5.74, 6) is 0.632. The Morgan fingerprint density at radius 3 is 2.69 bits per heavy atom. The predicted molar refractivity (Wildman–Crippen MR) is 109 cm³/mol. The number of guanidine groups is 1. The summed E-state index contributed by atoms with van der Waals surface area (Å²) >= 11 is 0. The zero-order valence-electron chi connectivity index (χ0n) is 14.3. The van der Waals surface area contributed by atoms with Gasteiger partial charge in [-0.2, -0.15) is 0 Å². The van der Waals surface area contributed by atoms with Crippen molar-refractivity contribution in [2.45, 2.75) is 19.6 Å². The van der Waals surface area contributed by atoms with Gasteiger partial charge in [0.2, 0.25) is 0 Å². The van der Waals surface area contributed by atoms with E-state index in [1.54, 1.807) is 25.3 Å². The van der Waals surface area contributed by atoms with Crippen LogP contribution < -0.4 is 15.8 Å². The molecule has 0 heterocycles. The number of nitrogens with one attached hydrogen (secondary N) is 1. The van der Waals surface area contributed by atoms with Gasteiger partial charge < -0.3 is 20.5 Å². The van der Waals surface area contributed by atoms with E-state index in [0.29, 0.717) is 18.9 Å². The minimum atomic E-state index is -2.51. The minimum absolute atomic E-state index is 0. The fraction of sp³-hybridized carbons (Fsp3) is 0.278. The van der Waals surface area contributed by atoms with Crippen molar-refractivity contribution in [2.24, 2.45) is 10.7 Å². The average molecular weight is 477 g/mol. The van der Waals surface area contributed by atoms with E-state index >= 15 is 0 Å². The first-order valence-corrected chi connectivity index (χ1v) is 7.72. The Labute approximate surface area is 168 Å². The van der Waals surface area contributed by atoms with E-state index in [1.807, 2.05) is 30.3 Å². The number of hydrogen-bond acceptors (Lipinski definition) is 3. The molecule has 0 saturated heterocycles. The van der Waals surface area contributed by atoms with Crippen molar-refractivity contribution in [3.05, 3.63) is 59.7 Å². The summed E-state index contributed by atoms with van der Waals surface area (Å²) in [4.78, 5) is 4.27. The third kappa shape index (κ3) is 7.52. The Balaban J connectivity index is 0.00000338. The maximum atomic E-state index is 12.2. The quantitative estimate of drug-likeness (QED) is 0.343. The van der Waals surface area contributed by atoms with Crippen LogP contribution in [0, 0.1) is 0 Å². The number of anilines is 1. The lowest BCUT2D eigenvalue weighted by Crippen LogP contribution is -2.23. The van der Waals surface area contributed by atoms with Crippen LogP contribution in [0.2, 0.25) is 0 Å². The van der Waals surface area contributed by atoms with Crippen LogP contribution in [0.3, 0.4) is 0 Å². The first kappa shape index (κ1) is 22.1. The first-order chi connectivity index (χ1) is 12.1.